The van der Waals surface area contributed by atoms with Crippen LogP contribution in [0.25, 0.3) is 10.9 Å². The number of para-hydroxylation sites is 1. The second-order valence-electron chi connectivity index (χ2n) is 6.73. The van der Waals surface area contributed by atoms with Gasteiger partial charge in [0.1, 0.15) is 5.03 Å². The van der Waals surface area contributed by atoms with Crippen molar-refractivity contribution in [3.8, 4) is 12.3 Å². The number of likely N-dealkylation sites (tertiary alicyclic amines) is 1. The summed E-state index contributed by atoms with van der Waals surface area (Å²) in [6.45, 7) is 2.05. The van der Waals surface area contributed by atoms with Gasteiger partial charge in [-0.3, -0.25) is 4.79 Å². The van der Waals surface area contributed by atoms with Gasteiger partial charge in [-0.2, -0.15) is 0 Å². The molecule has 3 aromatic rings. The van der Waals surface area contributed by atoms with Gasteiger partial charge in [-0.15, -0.1) is 18.2 Å². The highest BCUT2D eigenvalue weighted by molar-refractivity contribution is 7.98. The van der Waals surface area contributed by atoms with Gasteiger partial charge in [-0.1, -0.05) is 24.1 Å². The minimum atomic E-state index is 0.0716. The minimum absolute atomic E-state index is 0.0716. The van der Waals surface area contributed by atoms with E-state index in [0.29, 0.717) is 18.0 Å². The Morgan fingerprint density at radius 1 is 1.33 bits per heavy atom. The second kappa shape index (κ2) is 7.50. The molecule has 27 heavy (non-hydrogen) atoms. The fourth-order valence-corrected chi connectivity index (χ4v) is 4.46. The van der Waals surface area contributed by atoms with Crippen molar-refractivity contribution in [3.05, 3.63) is 59.9 Å². The number of aromatic nitrogens is 2. The van der Waals surface area contributed by atoms with Crippen molar-refractivity contribution < 1.29 is 4.79 Å². The van der Waals surface area contributed by atoms with Crippen LogP contribution >= 0.6 is 11.8 Å². The summed E-state index contributed by atoms with van der Waals surface area (Å²) >= 11 is 1.51. The molecule has 5 heteroatoms. The Kier molecular flexibility index (Phi) is 4.91. The molecule has 1 aromatic carbocycles. The SMILES string of the molecule is C#CCn1cc(C2CCN(C(=O)c3cccnc3SC)C2)c2ccccc21. The summed E-state index contributed by atoms with van der Waals surface area (Å²) in [5.74, 6) is 3.13. The fraction of sp³-hybridized carbons (Fsp3) is 0.273. The van der Waals surface area contributed by atoms with Gasteiger partial charge in [0.15, 0.2) is 0 Å². The lowest BCUT2D eigenvalue weighted by atomic mass is 9.98. The number of rotatable bonds is 4. The molecule has 0 saturated carbocycles. The van der Waals surface area contributed by atoms with Gasteiger partial charge in [0, 0.05) is 42.3 Å². The van der Waals surface area contributed by atoms with Gasteiger partial charge in [-0.25, -0.2) is 4.98 Å². The standard InChI is InChI=1S/C22H21N3OS/c1-3-12-24-15-19(17-7-4-5-9-20(17)24)16-10-13-25(14-16)22(26)18-8-6-11-23-21(18)27-2/h1,4-9,11,15-16H,10,12-14H2,2H3. The van der Waals surface area contributed by atoms with Crippen molar-refractivity contribution in [2.24, 2.45) is 0 Å². The zero-order valence-corrected chi connectivity index (χ0v) is 16.1. The first-order valence-electron chi connectivity index (χ1n) is 9.02. The van der Waals surface area contributed by atoms with E-state index >= 15 is 0 Å². The Bertz CT molecular complexity index is 1030. The molecular weight excluding hydrogens is 354 g/mol. The second-order valence-corrected chi connectivity index (χ2v) is 7.53. The van der Waals surface area contributed by atoms with E-state index in [9.17, 15) is 4.79 Å². The van der Waals surface area contributed by atoms with E-state index in [-0.39, 0.29) is 5.91 Å². The highest BCUT2D eigenvalue weighted by Crippen LogP contribution is 2.34. The maximum Gasteiger partial charge on any atom is 0.256 e. The predicted molar refractivity (Wildman–Crippen MR) is 110 cm³/mol. The lowest BCUT2D eigenvalue weighted by Crippen LogP contribution is -2.29. The van der Waals surface area contributed by atoms with Crippen molar-refractivity contribution in [2.75, 3.05) is 19.3 Å². The molecule has 1 amide bonds. The van der Waals surface area contributed by atoms with Crippen molar-refractivity contribution in [1.29, 1.82) is 0 Å². The highest BCUT2D eigenvalue weighted by atomic mass is 32.2. The number of fused-ring (bicyclic) bond motifs is 1. The highest BCUT2D eigenvalue weighted by Gasteiger charge is 2.30. The maximum atomic E-state index is 13.0. The topological polar surface area (TPSA) is 38.1 Å². The quantitative estimate of drug-likeness (QED) is 0.511. The van der Waals surface area contributed by atoms with Crippen LogP contribution in [0.4, 0.5) is 0 Å². The Morgan fingerprint density at radius 3 is 3.00 bits per heavy atom. The van der Waals surface area contributed by atoms with E-state index in [4.69, 9.17) is 6.42 Å². The molecule has 1 saturated heterocycles. The van der Waals surface area contributed by atoms with E-state index < -0.39 is 0 Å². The van der Waals surface area contributed by atoms with Gasteiger partial charge in [0.2, 0.25) is 0 Å². The first-order valence-corrected chi connectivity index (χ1v) is 10.2. The number of nitrogens with zero attached hydrogens (tertiary/aromatic N) is 3. The summed E-state index contributed by atoms with van der Waals surface area (Å²) in [6, 6.07) is 12.0. The first kappa shape index (κ1) is 17.7. The maximum absolute atomic E-state index is 13.0. The molecule has 1 atom stereocenters. The number of benzene rings is 1. The molecule has 4 rings (SSSR count). The van der Waals surface area contributed by atoms with E-state index in [1.54, 1.807) is 6.20 Å². The summed E-state index contributed by atoms with van der Waals surface area (Å²) in [4.78, 5) is 19.3. The third-order valence-electron chi connectivity index (χ3n) is 5.19. The van der Waals surface area contributed by atoms with Gasteiger partial charge >= 0.3 is 0 Å². The van der Waals surface area contributed by atoms with Crippen LogP contribution < -0.4 is 0 Å². The van der Waals surface area contributed by atoms with Crippen molar-refractivity contribution in [3.63, 3.8) is 0 Å². The number of pyridine rings is 1. The summed E-state index contributed by atoms with van der Waals surface area (Å²) in [5, 5.41) is 2.02. The van der Waals surface area contributed by atoms with Crippen LogP contribution in [0.5, 0.6) is 0 Å². The fourth-order valence-electron chi connectivity index (χ4n) is 3.91. The Labute approximate surface area is 163 Å². The lowest BCUT2D eigenvalue weighted by Gasteiger charge is -2.17. The van der Waals surface area contributed by atoms with Crippen LogP contribution in [-0.4, -0.2) is 39.7 Å². The van der Waals surface area contributed by atoms with Crippen LogP contribution in [0, 0.1) is 12.3 Å². The van der Waals surface area contributed by atoms with E-state index in [0.717, 1.165) is 30.1 Å². The molecule has 0 bridgehead atoms. The van der Waals surface area contributed by atoms with E-state index in [2.05, 4.69) is 39.9 Å². The average molecular weight is 375 g/mol. The molecule has 0 N–H and O–H groups in total. The van der Waals surface area contributed by atoms with Gasteiger partial charge in [0.25, 0.3) is 5.91 Å². The summed E-state index contributed by atoms with van der Waals surface area (Å²) in [6.07, 6.45) is 12.3. The number of amides is 1. The van der Waals surface area contributed by atoms with Gasteiger partial charge < -0.3 is 9.47 Å². The van der Waals surface area contributed by atoms with Crippen molar-refractivity contribution in [2.45, 2.75) is 23.9 Å². The zero-order valence-electron chi connectivity index (χ0n) is 15.3. The molecule has 0 aliphatic carbocycles. The molecule has 1 fully saturated rings. The minimum Gasteiger partial charge on any atom is -0.338 e. The van der Waals surface area contributed by atoms with Crippen LogP contribution in [0.3, 0.4) is 0 Å². The number of carbonyl (C=O) groups is 1. The molecule has 136 valence electrons. The normalized spacial score (nSPS) is 16.6. The van der Waals surface area contributed by atoms with Gasteiger partial charge in [-0.05, 0) is 36.4 Å². The predicted octanol–water partition coefficient (Wildman–Crippen LogP) is 4.02. The molecular formula is C22H21N3OS. The Morgan fingerprint density at radius 2 is 2.19 bits per heavy atom. The number of carbonyl (C=O) groups excluding carboxylic acids is 1. The van der Waals surface area contributed by atoms with Crippen LogP contribution in [0.1, 0.15) is 28.3 Å². The molecule has 0 radical (unpaired) electrons. The number of thioether (sulfide) groups is 1. The van der Waals surface area contributed by atoms with Crippen molar-refractivity contribution in [1.82, 2.24) is 14.5 Å². The Balaban J connectivity index is 1.61. The molecule has 1 unspecified atom stereocenters. The first-order chi connectivity index (χ1) is 13.2. The molecule has 0 spiro atoms. The molecule has 3 heterocycles. The van der Waals surface area contributed by atoms with E-state index in [1.165, 1.54) is 22.7 Å². The lowest BCUT2D eigenvalue weighted by molar-refractivity contribution is 0.0786. The van der Waals surface area contributed by atoms with E-state index in [1.807, 2.05) is 29.4 Å². The average Bonchev–Trinajstić information content (AvgIpc) is 3.33. The number of hydrogen-bond donors (Lipinski definition) is 0. The summed E-state index contributed by atoms with van der Waals surface area (Å²) in [5.41, 5.74) is 3.14. The molecule has 4 nitrogen and oxygen atoms in total. The van der Waals surface area contributed by atoms with Crippen LogP contribution in [0.2, 0.25) is 0 Å². The van der Waals surface area contributed by atoms with Crippen LogP contribution in [-0.2, 0) is 6.54 Å². The third kappa shape index (κ3) is 3.22. The van der Waals surface area contributed by atoms with Crippen molar-refractivity contribution >= 4 is 28.6 Å². The smallest absolute Gasteiger partial charge is 0.256 e. The molecule has 1 aliphatic heterocycles. The molecule has 2 aromatic heterocycles. The van der Waals surface area contributed by atoms with Gasteiger partial charge in [0.05, 0.1) is 12.1 Å². The summed E-state index contributed by atoms with van der Waals surface area (Å²) < 4.78 is 2.13. The third-order valence-corrected chi connectivity index (χ3v) is 5.90. The monoisotopic (exact) mass is 375 g/mol. The largest absolute Gasteiger partial charge is 0.338 e. The summed E-state index contributed by atoms with van der Waals surface area (Å²) in [7, 11) is 0. The molecule has 1 aliphatic rings. The number of hydrogen-bond acceptors (Lipinski definition) is 3. The zero-order chi connectivity index (χ0) is 18.8. The Hall–Kier alpha value is -2.71. The number of terminal acetylenes is 1. The van der Waals surface area contributed by atoms with Crippen LogP contribution in [0.15, 0.2) is 53.8 Å².